The van der Waals surface area contributed by atoms with Gasteiger partial charge in [0, 0.05) is 34.4 Å². The van der Waals surface area contributed by atoms with Crippen LogP contribution in [0.3, 0.4) is 0 Å². The Hall–Kier alpha value is -2.46. The molecule has 0 radical (unpaired) electrons. The Labute approximate surface area is 222 Å². The largest absolute Gasteiger partial charge is 0.396 e. The first kappa shape index (κ1) is 25.2. The summed E-state index contributed by atoms with van der Waals surface area (Å²) >= 11 is 9.64. The lowest BCUT2D eigenvalue weighted by molar-refractivity contribution is -0.139. The Bertz CT molecular complexity index is 1150. The molecule has 2 aromatic rings. The lowest BCUT2D eigenvalue weighted by Crippen LogP contribution is -2.54. The van der Waals surface area contributed by atoms with E-state index in [0.717, 1.165) is 0 Å². The maximum Gasteiger partial charge on any atom is 0.250 e. The minimum Gasteiger partial charge on any atom is -0.396 e. The maximum absolute atomic E-state index is 13.8. The highest BCUT2D eigenvalue weighted by Crippen LogP contribution is 2.60. The first-order valence-corrected chi connectivity index (χ1v) is 13.3. The van der Waals surface area contributed by atoms with E-state index in [-0.39, 0.29) is 35.7 Å². The molecule has 190 valence electrons. The van der Waals surface area contributed by atoms with Crippen LogP contribution in [0.4, 0.5) is 11.4 Å². The van der Waals surface area contributed by atoms with Crippen molar-refractivity contribution >= 4 is 56.6 Å². The van der Waals surface area contributed by atoms with Gasteiger partial charge < -0.3 is 25.4 Å². The molecule has 2 bridgehead atoms. The molecule has 3 amide bonds. The van der Waals surface area contributed by atoms with E-state index in [4.69, 9.17) is 16.3 Å². The van der Waals surface area contributed by atoms with Crippen LogP contribution in [0, 0.1) is 11.8 Å². The van der Waals surface area contributed by atoms with Gasteiger partial charge in [0.15, 0.2) is 0 Å². The molecule has 5 rings (SSSR count). The fraction of sp³-hybridized carbons (Fsp3) is 0.423. The van der Waals surface area contributed by atoms with Crippen molar-refractivity contribution in [2.24, 2.45) is 11.8 Å². The normalized spacial score (nSPS) is 30.4. The van der Waals surface area contributed by atoms with Gasteiger partial charge in [-0.1, -0.05) is 45.7 Å². The second-order valence-electron chi connectivity index (χ2n) is 9.48. The lowest BCUT2D eigenvalue weighted by atomic mass is 9.70. The summed E-state index contributed by atoms with van der Waals surface area (Å²) in [5, 5.41) is 15.6. The quantitative estimate of drug-likeness (QED) is 0.330. The molecule has 3 aliphatic rings. The van der Waals surface area contributed by atoms with Crippen molar-refractivity contribution in [2.45, 2.75) is 41.8 Å². The number of ether oxygens (including phenoxy) is 1. The highest BCUT2D eigenvalue weighted by atomic mass is 79.9. The number of amides is 3. The van der Waals surface area contributed by atoms with Crippen LogP contribution >= 0.6 is 27.5 Å². The number of aliphatic hydroxyl groups is 1. The van der Waals surface area contributed by atoms with Crippen LogP contribution in [0.2, 0.25) is 5.02 Å². The summed E-state index contributed by atoms with van der Waals surface area (Å²) in [6.45, 7) is 0.271. The number of aliphatic hydroxyl groups excluding tert-OH is 1. The Morgan fingerprint density at radius 1 is 1.06 bits per heavy atom. The number of halogens is 2. The minimum absolute atomic E-state index is 0.0115. The third-order valence-electron chi connectivity index (χ3n) is 7.30. The van der Waals surface area contributed by atoms with Gasteiger partial charge in [0.1, 0.15) is 11.6 Å². The van der Waals surface area contributed by atoms with Crippen molar-refractivity contribution in [1.29, 1.82) is 0 Å². The first-order chi connectivity index (χ1) is 17.4. The fourth-order valence-corrected chi connectivity index (χ4v) is 6.92. The van der Waals surface area contributed by atoms with Gasteiger partial charge >= 0.3 is 0 Å². The van der Waals surface area contributed by atoms with E-state index < -0.39 is 29.6 Å². The number of fused-ring (bicyclic) bond motifs is 1. The summed E-state index contributed by atoms with van der Waals surface area (Å²) in [5.41, 5.74) is 0.0469. The maximum atomic E-state index is 13.8. The average molecular weight is 577 g/mol. The molecule has 10 heteroatoms. The van der Waals surface area contributed by atoms with Crippen LogP contribution in [0.1, 0.15) is 19.3 Å². The van der Waals surface area contributed by atoms with Crippen molar-refractivity contribution in [2.75, 3.05) is 23.8 Å². The summed E-state index contributed by atoms with van der Waals surface area (Å²) in [7, 11) is 0. The summed E-state index contributed by atoms with van der Waals surface area (Å²) in [6, 6.07) is 14.9. The molecule has 0 aromatic heterocycles. The number of para-hydroxylation sites is 1. The van der Waals surface area contributed by atoms with E-state index in [1.54, 1.807) is 36.4 Å². The summed E-state index contributed by atoms with van der Waals surface area (Å²) in [6.07, 6.45) is 0.916. The van der Waals surface area contributed by atoms with Gasteiger partial charge in [-0.2, -0.15) is 0 Å². The van der Waals surface area contributed by atoms with Crippen molar-refractivity contribution < 1.29 is 24.2 Å². The number of carbonyl (C=O) groups is 3. The van der Waals surface area contributed by atoms with E-state index in [2.05, 4.69) is 26.6 Å². The van der Waals surface area contributed by atoms with Gasteiger partial charge in [0.05, 0.1) is 17.9 Å². The Balaban J connectivity index is 1.47. The number of alkyl halides is 1. The van der Waals surface area contributed by atoms with Crippen LogP contribution in [0.25, 0.3) is 0 Å². The van der Waals surface area contributed by atoms with Crippen LogP contribution in [0.15, 0.2) is 54.6 Å². The molecule has 3 N–H and O–H groups in total. The number of anilines is 2. The number of carbonyl (C=O) groups excluding carboxylic acids is 3. The molecule has 6 atom stereocenters. The van der Waals surface area contributed by atoms with E-state index >= 15 is 0 Å². The lowest BCUT2D eigenvalue weighted by Gasteiger charge is -2.34. The topological polar surface area (TPSA) is 108 Å². The molecule has 36 heavy (non-hydrogen) atoms. The van der Waals surface area contributed by atoms with Crippen molar-refractivity contribution in [3.05, 3.63) is 59.6 Å². The number of unbranched alkanes of at least 4 members (excludes halogenated alkanes) is 1. The van der Waals surface area contributed by atoms with Crippen molar-refractivity contribution in [3.8, 4) is 0 Å². The van der Waals surface area contributed by atoms with Crippen LogP contribution in [0.5, 0.6) is 0 Å². The summed E-state index contributed by atoms with van der Waals surface area (Å²) < 4.78 is 6.46. The number of hydrogen-bond donors (Lipinski definition) is 3. The highest BCUT2D eigenvalue weighted by Gasteiger charge is 2.76. The number of likely N-dealkylation sites (tertiary alicyclic amines) is 1. The number of hydrogen-bond acceptors (Lipinski definition) is 5. The summed E-state index contributed by atoms with van der Waals surface area (Å²) in [4.78, 5) is 42.4. The van der Waals surface area contributed by atoms with Gasteiger partial charge in [-0.25, -0.2) is 0 Å². The predicted molar refractivity (Wildman–Crippen MR) is 139 cm³/mol. The van der Waals surface area contributed by atoms with E-state index in [1.807, 2.05) is 18.2 Å². The second kappa shape index (κ2) is 10.1. The monoisotopic (exact) mass is 575 g/mol. The first-order valence-electron chi connectivity index (χ1n) is 12.0. The Morgan fingerprint density at radius 2 is 1.72 bits per heavy atom. The van der Waals surface area contributed by atoms with Crippen LogP contribution in [-0.2, 0) is 19.1 Å². The molecule has 3 saturated heterocycles. The van der Waals surface area contributed by atoms with Gasteiger partial charge in [-0.3, -0.25) is 14.4 Å². The predicted octanol–water partition coefficient (Wildman–Crippen LogP) is 3.44. The highest BCUT2D eigenvalue weighted by molar-refractivity contribution is 9.09. The smallest absolute Gasteiger partial charge is 0.250 e. The number of nitrogens with one attached hydrogen (secondary N) is 2. The zero-order valence-corrected chi connectivity index (χ0v) is 21.7. The van der Waals surface area contributed by atoms with E-state index in [1.165, 1.54) is 4.90 Å². The number of rotatable bonds is 8. The Kier molecular flexibility index (Phi) is 7.09. The van der Waals surface area contributed by atoms with Crippen molar-refractivity contribution in [1.82, 2.24) is 4.90 Å². The van der Waals surface area contributed by atoms with E-state index in [9.17, 15) is 19.5 Å². The third kappa shape index (κ3) is 4.32. The molecule has 0 aliphatic carbocycles. The number of nitrogens with zero attached hydrogens (tertiary/aromatic N) is 1. The molecule has 2 aromatic carbocycles. The zero-order chi connectivity index (χ0) is 25.4. The molecule has 3 aliphatic heterocycles. The SMILES string of the molecule is O=C(Nc1ccc(Cl)cc1)C1N(CCCCO)C(=O)[C@@H]2[C@@H](C(=O)Nc3ccccc3)[C@@H]3OC12CC3Br. The zero-order valence-electron chi connectivity index (χ0n) is 19.4. The van der Waals surface area contributed by atoms with Crippen molar-refractivity contribution in [3.63, 3.8) is 0 Å². The number of benzene rings is 2. The van der Waals surface area contributed by atoms with Crippen LogP contribution in [-0.4, -0.2) is 63.5 Å². The molecule has 3 heterocycles. The Morgan fingerprint density at radius 3 is 2.42 bits per heavy atom. The average Bonchev–Trinajstić information content (AvgIpc) is 3.45. The minimum atomic E-state index is -1.13. The van der Waals surface area contributed by atoms with Crippen LogP contribution < -0.4 is 10.6 Å². The molecule has 8 nitrogen and oxygen atoms in total. The van der Waals surface area contributed by atoms with Gasteiger partial charge in [0.25, 0.3) is 0 Å². The molecule has 3 fully saturated rings. The van der Waals surface area contributed by atoms with E-state index in [0.29, 0.717) is 35.7 Å². The summed E-state index contributed by atoms with van der Waals surface area (Å²) in [5.74, 6) is -2.47. The standard InChI is InChI=1S/C26H27BrClN3O5/c27-18-14-26-20(19(21(18)36-26)23(33)29-16-6-2-1-3-7-16)25(35)31(12-4-5-13-32)22(26)24(34)30-17-10-8-15(28)9-11-17/h1-3,6-11,18-22,32H,4-5,12-14H2,(H,29,33)(H,30,34)/t18?,19-,20+,21-,22?,26?/m1/s1. The molecule has 0 saturated carbocycles. The molecular weight excluding hydrogens is 550 g/mol. The molecular formula is C26H27BrClN3O5. The van der Waals surface area contributed by atoms with Gasteiger partial charge in [0.2, 0.25) is 17.7 Å². The second-order valence-corrected chi connectivity index (χ2v) is 11.1. The third-order valence-corrected chi connectivity index (χ3v) is 8.40. The van der Waals surface area contributed by atoms with Gasteiger partial charge in [-0.15, -0.1) is 0 Å². The molecule has 1 spiro atoms. The van der Waals surface area contributed by atoms with Gasteiger partial charge in [-0.05, 0) is 55.7 Å². The molecule has 3 unspecified atom stereocenters. The fourth-order valence-electron chi connectivity index (χ4n) is 5.86.